The minimum absolute atomic E-state index is 0.149. The summed E-state index contributed by atoms with van der Waals surface area (Å²) in [6, 6.07) is 4.10. The fourth-order valence-corrected chi connectivity index (χ4v) is 5.54. The molecule has 0 bridgehead atoms. The average Bonchev–Trinajstić information content (AvgIpc) is 3.04. The number of benzene rings is 1. The minimum Gasteiger partial charge on any atom is -0.493 e. The summed E-state index contributed by atoms with van der Waals surface area (Å²) in [6.07, 6.45) is 1.65. The van der Waals surface area contributed by atoms with Crippen LogP contribution in [0.5, 0.6) is 5.88 Å². The molecule has 1 aliphatic rings. The number of carbonyl (C=O) groups is 1. The summed E-state index contributed by atoms with van der Waals surface area (Å²) in [4.78, 5) is 14.6. The predicted molar refractivity (Wildman–Crippen MR) is 115 cm³/mol. The van der Waals surface area contributed by atoms with Crippen LogP contribution in [-0.4, -0.2) is 27.3 Å². The predicted octanol–water partition coefficient (Wildman–Crippen LogP) is 5.68. The zero-order chi connectivity index (χ0) is 19.0. The van der Waals surface area contributed by atoms with Crippen LogP contribution in [0.15, 0.2) is 36.7 Å². The standard InChI is InChI=1S/C16H12Br2N2O3S3/c1-2-19-10-5-8(17)9(18)6-12(10)25-13(19)4-3-11-15(23)20(7-14(21)22)16(24)26-11/h3,5-6,23H,2,7H2,1H3,(H,21,22). The minimum atomic E-state index is -1.06. The van der Waals surface area contributed by atoms with Crippen LogP contribution in [0.1, 0.15) is 11.8 Å². The summed E-state index contributed by atoms with van der Waals surface area (Å²) in [5.74, 6) is -1.21. The Balaban J connectivity index is 2.00. The first-order valence-corrected chi connectivity index (χ1v) is 11.0. The molecule has 1 aliphatic heterocycles. The monoisotopic (exact) mass is 534 g/mol. The van der Waals surface area contributed by atoms with Crippen molar-refractivity contribution < 1.29 is 15.0 Å². The summed E-state index contributed by atoms with van der Waals surface area (Å²) in [5.41, 5.74) is 4.30. The summed E-state index contributed by atoms with van der Waals surface area (Å²) in [5, 5.41) is 20.0. The molecule has 1 aromatic carbocycles. The number of carboxylic acids is 1. The topological polar surface area (TPSA) is 65.7 Å². The average molecular weight is 536 g/mol. The highest BCUT2D eigenvalue weighted by atomic mass is 79.9. The van der Waals surface area contributed by atoms with Crippen LogP contribution >= 0.6 is 67.2 Å². The maximum Gasteiger partial charge on any atom is 0.323 e. The second kappa shape index (κ2) is 7.92. The molecule has 0 spiro atoms. The summed E-state index contributed by atoms with van der Waals surface area (Å²) in [6.45, 7) is 2.46. The van der Waals surface area contributed by atoms with Crippen LogP contribution in [-0.2, 0) is 11.3 Å². The highest BCUT2D eigenvalue weighted by molar-refractivity contribution is 9.13. The Hall–Kier alpha value is -1.03. The molecule has 0 amide bonds. The van der Waals surface area contributed by atoms with Gasteiger partial charge in [-0.15, -0.1) is 11.3 Å². The molecule has 0 saturated heterocycles. The first kappa shape index (κ1) is 19.7. The van der Waals surface area contributed by atoms with Crippen LogP contribution in [0, 0.1) is 3.95 Å². The maximum atomic E-state index is 10.9. The van der Waals surface area contributed by atoms with Crippen LogP contribution < -0.4 is 4.90 Å². The lowest BCUT2D eigenvalue weighted by atomic mass is 10.3. The van der Waals surface area contributed by atoms with E-state index in [1.165, 1.54) is 4.57 Å². The van der Waals surface area contributed by atoms with Crippen molar-refractivity contribution in [3.63, 3.8) is 0 Å². The molecule has 0 radical (unpaired) electrons. The first-order valence-electron chi connectivity index (χ1n) is 7.37. The van der Waals surface area contributed by atoms with Crippen LogP contribution in [0.25, 0.3) is 6.08 Å². The third-order valence-corrected chi connectivity index (χ3v) is 7.88. The van der Waals surface area contributed by atoms with Gasteiger partial charge in [0.1, 0.15) is 11.6 Å². The Morgan fingerprint density at radius 2 is 2.08 bits per heavy atom. The number of carboxylic acid groups (broad SMARTS) is 1. The van der Waals surface area contributed by atoms with E-state index in [0.717, 1.165) is 42.4 Å². The van der Waals surface area contributed by atoms with Gasteiger partial charge in [-0.25, -0.2) is 0 Å². The zero-order valence-electron chi connectivity index (χ0n) is 13.3. The molecule has 10 heteroatoms. The van der Waals surface area contributed by atoms with Gasteiger partial charge in [0.05, 0.1) is 10.6 Å². The smallest absolute Gasteiger partial charge is 0.323 e. The van der Waals surface area contributed by atoms with Gasteiger partial charge >= 0.3 is 5.97 Å². The molecule has 5 nitrogen and oxygen atoms in total. The molecule has 0 fully saturated rings. The van der Waals surface area contributed by atoms with E-state index in [9.17, 15) is 9.90 Å². The SMILES string of the molecule is CCN1C(=C=Cc2sc(=S)n(CC(=O)O)c2O)Sc2cc(Br)c(Br)cc21. The van der Waals surface area contributed by atoms with Gasteiger partial charge < -0.3 is 15.1 Å². The van der Waals surface area contributed by atoms with E-state index in [2.05, 4.69) is 55.5 Å². The Bertz CT molecular complexity index is 1020. The number of thioether (sulfide) groups is 1. The Labute approximate surface area is 179 Å². The van der Waals surface area contributed by atoms with Crippen molar-refractivity contribution in [1.82, 2.24) is 4.57 Å². The number of aromatic nitrogens is 1. The van der Waals surface area contributed by atoms with E-state index < -0.39 is 5.97 Å². The van der Waals surface area contributed by atoms with E-state index >= 15 is 0 Å². The van der Waals surface area contributed by atoms with E-state index in [0.29, 0.717) is 8.83 Å². The van der Waals surface area contributed by atoms with Gasteiger partial charge in [0, 0.05) is 26.5 Å². The number of aromatic hydroxyl groups is 1. The van der Waals surface area contributed by atoms with Gasteiger partial charge in [-0.1, -0.05) is 17.5 Å². The van der Waals surface area contributed by atoms with Crippen molar-refractivity contribution in [2.24, 2.45) is 0 Å². The van der Waals surface area contributed by atoms with Crippen LogP contribution in [0.3, 0.4) is 0 Å². The maximum absolute atomic E-state index is 10.9. The molecular weight excluding hydrogens is 524 g/mol. The number of thiazole rings is 1. The second-order valence-corrected chi connectivity index (χ2v) is 9.62. The number of hydrogen-bond acceptors (Lipinski definition) is 6. The third-order valence-electron chi connectivity index (χ3n) is 3.57. The van der Waals surface area contributed by atoms with E-state index in [-0.39, 0.29) is 12.4 Å². The van der Waals surface area contributed by atoms with E-state index in [1.807, 2.05) is 6.07 Å². The van der Waals surface area contributed by atoms with Gasteiger partial charge in [-0.05, 0) is 63.1 Å². The van der Waals surface area contributed by atoms with Gasteiger partial charge in [0.15, 0.2) is 3.95 Å². The summed E-state index contributed by atoms with van der Waals surface area (Å²) < 4.78 is 3.46. The fourth-order valence-electron chi connectivity index (χ4n) is 2.41. The van der Waals surface area contributed by atoms with E-state index in [1.54, 1.807) is 17.8 Å². The lowest BCUT2D eigenvalue weighted by Gasteiger charge is -2.16. The molecule has 26 heavy (non-hydrogen) atoms. The molecule has 2 aromatic rings. The van der Waals surface area contributed by atoms with Gasteiger partial charge in [-0.2, -0.15) is 0 Å². The highest BCUT2D eigenvalue weighted by Gasteiger charge is 2.25. The number of fused-ring (bicyclic) bond motifs is 1. The van der Waals surface area contributed by atoms with Crippen LogP contribution in [0.2, 0.25) is 0 Å². The number of anilines is 1. The second-order valence-electron chi connectivity index (χ2n) is 5.21. The highest BCUT2D eigenvalue weighted by Crippen LogP contribution is 2.48. The quantitative estimate of drug-likeness (QED) is 0.388. The molecule has 0 saturated carbocycles. The lowest BCUT2D eigenvalue weighted by Crippen LogP contribution is -2.15. The first-order chi connectivity index (χ1) is 12.3. The van der Waals surface area contributed by atoms with E-state index in [4.69, 9.17) is 17.3 Å². The number of aliphatic carboxylic acids is 1. The van der Waals surface area contributed by atoms with Gasteiger partial charge in [-0.3, -0.25) is 9.36 Å². The largest absolute Gasteiger partial charge is 0.493 e. The summed E-state index contributed by atoms with van der Waals surface area (Å²) >= 11 is 14.9. The third kappa shape index (κ3) is 3.81. The number of nitrogens with zero attached hydrogens (tertiary/aromatic N) is 2. The van der Waals surface area contributed by atoms with Crippen molar-refractivity contribution in [2.45, 2.75) is 18.4 Å². The zero-order valence-corrected chi connectivity index (χ0v) is 18.9. The van der Waals surface area contributed by atoms with Crippen molar-refractivity contribution in [3.05, 3.63) is 40.7 Å². The Morgan fingerprint density at radius 3 is 2.73 bits per heavy atom. The molecule has 0 unspecified atom stereocenters. The molecule has 1 aromatic heterocycles. The number of halogens is 2. The number of hydrogen-bond donors (Lipinski definition) is 2. The van der Waals surface area contributed by atoms with Crippen molar-refractivity contribution >= 4 is 84.9 Å². The summed E-state index contributed by atoms with van der Waals surface area (Å²) in [7, 11) is 0. The molecule has 136 valence electrons. The number of rotatable bonds is 4. The molecule has 2 N–H and O–H groups in total. The van der Waals surface area contributed by atoms with Crippen LogP contribution in [0.4, 0.5) is 5.69 Å². The molecular formula is C16H12Br2N2O3S3. The molecule has 3 rings (SSSR count). The van der Waals surface area contributed by atoms with Crippen molar-refractivity contribution in [3.8, 4) is 5.88 Å². The lowest BCUT2D eigenvalue weighted by molar-refractivity contribution is -0.137. The molecule has 2 heterocycles. The Kier molecular flexibility index (Phi) is 6.01. The Morgan fingerprint density at radius 1 is 1.38 bits per heavy atom. The normalized spacial score (nSPS) is 12.9. The fraction of sp³-hybridized carbons (Fsp3) is 0.188. The van der Waals surface area contributed by atoms with Gasteiger partial charge in [0.25, 0.3) is 0 Å². The molecule has 0 atom stereocenters. The molecule has 0 aliphatic carbocycles. The van der Waals surface area contributed by atoms with Crippen molar-refractivity contribution in [2.75, 3.05) is 11.4 Å². The van der Waals surface area contributed by atoms with Gasteiger partial charge in [0.2, 0.25) is 5.88 Å². The van der Waals surface area contributed by atoms with Crippen molar-refractivity contribution in [1.29, 1.82) is 0 Å².